The molecule has 0 saturated heterocycles. The smallest absolute Gasteiger partial charge is 0.319 e. The van der Waals surface area contributed by atoms with Gasteiger partial charge in [0.15, 0.2) is 0 Å². The van der Waals surface area contributed by atoms with E-state index >= 15 is 0 Å². The summed E-state index contributed by atoms with van der Waals surface area (Å²) in [5.74, 6) is -2.30. The van der Waals surface area contributed by atoms with Crippen LogP contribution < -0.4 is 16.0 Å². The molecule has 2 rings (SSSR count). The lowest BCUT2D eigenvalue weighted by Gasteiger charge is -2.08. The predicted octanol–water partition coefficient (Wildman–Crippen LogP) is 3.52. The largest absolute Gasteiger partial charge is 0.334 e. The summed E-state index contributed by atoms with van der Waals surface area (Å²) < 4.78 is 26.2. The van der Waals surface area contributed by atoms with Gasteiger partial charge in [-0.05, 0) is 36.4 Å². The first-order valence-electron chi connectivity index (χ1n) is 7.01. The highest BCUT2D eigenvalue weighted by molar-refractivity contribution is 6.04. The monoisotopic (exact) mass is 331 g/mol. The first kappa shape index (κ1) is 17.1. The Hall–Kier alpha value is -3.22. The third kappa shape index (κ3) is 4.91. The quantitative estimate of drug-likeness (QED) is 0.734. The highest BCUT2D eigenvalue weighted by Gasteiger charge is 2.09. The van der Waals surface area contributed by atoms with Crippen LogP contribution in [0.2, 0.25) is 0 Å². The molecule has 0 aliphatic carbocycles. The van der Waals surface area contributed by atoms with E-state index < -0.39 is 17.5 Å². The Morgan fingerprint density at radius 1 is 0.958 bits per heavy atom. The predicted molar refractivity (Wildman–Crippen MR) is 88.0 cm³/mol. The van der Waals surface area contributed by atoms with E-state index in [1.807, 2.05) is 0 Å². The van der Waals surface area contributed by atoms with Crippen LogP contribution in [0.15, 0.2) is 55.1 Å². The average Bonchev–Trinajstić information content (AvgIpc) is 2.54. The number of carbonyl (C=O) groups is 2. The zero-order valence-electron chi connectivity index (χ0n) is 12.6. The Kier molecular flexibility index (Phi) is 5.62. The van der Waals surface area contributed by atoms with E-state index in [1.165, 1.54) is 0 Å². The molecule has 2 aromatic carbocycles. The van der Waals surface area contributed by atoms with E-state index in [1.54, 1.807) is 30.3 Å². The van der Waals surface area contributed by atoms with Crippen molar-refractivity contribution in [2.45, 2.75) is 0 Å². The van der Waals surface area contributed by atoms with Crippen molar-refractivity contribution in [3.05, 3.63) is 72.3 Å². The second-order valence-electron chi connectivity index (χ2n) is 4.81. The van der Waals surface area contributed by atoms with Crippen LogP contribution >= 0.6 is 0 Å². The van der Waals surface area contributed by atoms with Gasteiger partial charge in [-0.1, -0.05) is 6.08 Å². The summed E-state index contributed by atoms with van der Waals surface area (Å²) in [6, 6.07) is 8.45. The summed E-state index contributed by atoms with van der Waals surface area (Å²) in [5, 5.41) is 7.66. The number of hydrogen-bond acceptors (Lipinski definition) is 2. The first-order valence-corrected chi connectivity index (χ1v) is 7.01. The van der Waals surface area contributed by atoms with Gasteiger partial charge in [-0.3, -0.25) is 4.79 Å². The summed E-state index contributed by atoms with van der Waals surface area (Å²) in [7, 11) is 0. The van der Waals surface area contributed by atoms with Crippen molar-refractivity contribution in [1.29, 1.82) is 0 Å². The van der Waals surface area contributed by atoms with Crippen molar-refractivity contribution in [2.75, 3.05) is 17.2 Å². The van der Waals surface area contributed by atoms with Crippen LogP contribution in [0.4, 0.5) is 25.0 Å². The van der Waals surface area contributed by atoms with Gasteiger partial charge in [0.1, 0.15) is 11.6 Å². The number of hydrogen-bond donors (Lipinski definition) is 3. The number of benzene rings is 2. The van der Waals surface area contributed by atoms with Gasteiger partial charge in [0.2, 0.25) is 0 Å². The molecule has 0 spiro atoms. The normalized spacial score (nSPS) is 9.92. The summed E-state index contributed by atoms with van der Waals surface area (Å²) in [4.78, 5) is 23.4. The zero-order valence-corrected chi connectivity index (χ0v) is 12.6. The molecule has 0 unspecified atom stereocenters. The van der Waals surface area contributed by atoms with E-state index in [9.17, 15) is 18.4 Å². The zero-order chi connectivity index (χ0) is 17.5. The maximum Gasteiger partial charge on any atom is 0.319 e. The number of urea groups is 1. The summed E-state index contributed by atoms with van der Waals surface area (Å²) in [6.07, 6.45) is 1.55. The van der Waals surface area contributed by atoms with Crippen molar-refractivity contribution in [2.24, 2.45) is 0 Å². The highest BCUT2D eigenvalue weighted by atomic mass is 19.1. The van der Waals surface area contributed by atoms with Crippen LogP contribution in [0.5, 0.6) is 0 Å². The number of carbonyl (C=O) groups excluding carboxylic acids is 2. The topological polar surface area (TPSA) is 70.2 Å². The minimum Gasteiger partial charge on any atom is -0.334 e. The lowest BCUT2D eigenvalue weighted by Crippen LogP contribution is -2.28. The molecule has 0 aliphatic rings. The molecule has 5 nitrogen and oxygen atoms in total. The van der Waals surface area contributed by atoms with Gasteiger partial charge in [-0.2, -0.15) is 0 Å². The maximum absolute atomic E-state index is 13.1. The molecule has 0 radical (unpaired) electrons. The van der Waals surface area contributed by atoms with E-state index in [4.69, 9.17) is 0 Å². The molecule has 0 aromatic heterocycles. The van der Waals surface area contributed by atoms with Crippen molar-refractivity contribution < 1.29 is 18.4 Å². The lowest BCUT2D eigenvalue weighted by molar-refractivity contribution is 0.102. The highest BCUT2D eigenvalue weighted by Crippen LogP contribution is 2.15. The van der Waals surface area contributed by atoms with E-state index in [0.29, 0.717) is 24.0 Å². The van der Waals surface area contributed by atoms with Crippen LogP contribution in [-0.2, 0) is 0 Å². The lowest BCUT2D eigenvalue weighted by atomic mass is 10.2. The van der Waals surface area contributed by atoms with Crippen LogP contribution in [0, 0.1) is 11.6 Å². The fourth-order valence-electron chi connectivity index (χ4n) is 1.87. The molecule has 24 heavy (non-hydrogen) atoms. The minimum absolute atomic E-state index is 0.126. The minimum atomic E-state index is -0.828. The maximum atomic E-state index is 13.1. The number of rotatable bonds is 5. The third-order valence-electron chi connectivity index (χ3n) is 2.93. The Labute approximate surface area is 137 Å². The fraction of sp³-hybridized carbons (Fsp3) is 0.0588. The molecular weight excluding hydrogens is 316 g/mol. The molecule has 124 valence electrons. The molecule has 0 heterocycles. The van der Waals surface area contributed by atoms with Crippen LogP contribution in [0.3, 0.4) is 0 Å². The molecule has 7 heteroatoms. The Bertz CT molecular complexity index is 741. The summed E-state index contributed by atoms with van der Waals surface area (Å²) in [5.41, 5.74) is 0.812. The number of halogens is 2. The molecular formula is C17H15F2N3O2. The molecule has 0 fully saturated rings. The van der Waals surface area contributed by atoms with Crippen molar-refractivity contribution in [3.63, 3.8) is 0 Å². The van der Waals surface area contributed by atoms with Crippen LogP contribution in [0.25, 0.3) is 0 Å². The second kappa shape index (κ2) is 7.87. The molecule has 0 bridgehead atoms. The van der Waals surface area contributed by atoms with Gasteiger partial charge in [0, 0.05) is 29.5 Å². The van der Waals surface area contributed by atoms with Gasteiger partial charge < -0.3 is 16.0 Å². The molecule has 2 aromatic rings. The summed E-state index contributed by atoms with van der Waals surface area (Å²) in [6.45, 7) is 3.82. The molecule has 3 N–H and O–H groups in total. The summed E-state index contributed by atoms with van der Waals surface area (Å²) >= 11 is 0. The molecule has 0 aliphatic heterocycles. The van der Waals surface area contributed by atoms with E-state index in [-0.39, 0.29) is 11.6 Å². The van der Waals surface area contributed by atoms with Crippen molar-refractivity contribution >= 4 is 23.3 Å². The molecule has 0 atom stereocenters. The Morgan fingerprint density at radius 2 is 1.50 bits per heavy atom. The SMILES string of the molecule is C=CCNC(=O)Nc1ccc(NC(=O)c2cc(F)cc(F)c2)cc1. The van der Waals surface area contributed by atoms with Crippen LogP contribution in [0.1, 0.15) is 10.4 Å². The Morgan fingerprint density at radius 3 is 2.04 bits per heavy atom. The standard InChI is InChI=1S/C17H15F2N3O2/c1-2-7-20-17(24)22-15-5-3-14(4-6-15)21-16(23)11-8-12(18)10-13(19)9-11/h2-6,8-10H,1,7H2,(H,21,23)(H2,20,22,24). The van der Waals surface area contributed by atoms with E-state index in [0.717, 1.165) is 12.1 Å². The average molecular weight is 331 g/mol. The van der Waals surface area contributed by atoms with Gasteiger partial charge in [0.05, 0.1) is 0 Å². The van der Waals surface area contributed by atoms with Crippen LogP contribution in [-0.4, -0.2) is 18.5 Å². The van der Waals surface area contributed by atoms with Crippen molar-refractivity contribution in [3.8, 4) is 0 Å². The van der Waals surface area contributed by atoms with Gasteiger partial charge in [0.25, 0.3) is 5.91 Å². The van der Waals surface area contributed by atoms with Gasteiger partial charge >= 0.3 is 6.03 Å². The van der Waals surface area contributed by atoms with Crippen molar-refractivity contribution in [1.82, 2.24) is 5.32 Å². The number of anilines is 2. The molecule has 0 saturated carbocycles. The van der Waals surface area contributed by atoms with E-state index in [2.05, 4.69) is 22.5 Å². The first-order chi connectivity index (χ1) is 11.5. The number of amides is 3. The Balaban J connectivity index is 1.99. The van der Waals surface area contributed by atoms with Gasteiger partial charge in [-0.25, -0.2) is 13.6 Å². The molecule has 3 amide bonds. The fourth-order valence-corrected chi connectivity index (χ4v) is 1.87. The number of nitrogens with one attached hydrogen (secondary N) is 3. The van der Waals surface area contributed by atoms with Gasteiger partial charge in [-0.15, -0.1) is 6.58 Å². The second-order valence-corrected chi connectivity index (χ2v) is 4.81. The third-order valence-corrected chi connectivity index (χ3v) is 2.93.